The summed E-state index contributed by atoms with van der Waals surface area (Å²) in [5.74, 6) is 0.401. The van der Waals surface area contributed by atoms with Gasteiger partial charge in [-0.05, 0) is 87.2 Å². The van der Waals surface area contributed by atoms with Gasteiger partial charge in [-0.2, -0.15) is 0 Å². The van der Waals surface area contributed by atoms with Gasteiger partial charge in [-0.3, -0.25) is 19.3 Å². The van der Waals surface area contributed by atoms with Crippen LogP contribution in [0.5, 0.6) is 5.75 Å². The Morgan fingerprint density at radius 3 is 2.23 bits per heavy atom. The molecule has 0 spiro atoms. The van der Waals surface area contributed by atoms with Gasteiger partial charge in [0.2, 0.25) is 5.91 Å². The highest BCUT2D eigenvalue weighted by molar-refractivity contribution is 8.18. The summed E-state index contributed by atoms with van der Waals surface area (Å²) in [4.78, 5) is 41.2. The quantitative estimate of drug-likeness (QED) is 0.579. The van der Waals surface area contributed by atoms with Crippen molar-refractivity contribution in [1.82, 2.24) is 9.80 Å². The number of ether oxygens (including phenoxy) is 1. The average molecular weight is 433 g/mol. The Balaban J connectivity index is 2.31. The molecule has 6 nitrogen and oxygen atoms in total. The van der Waals surface area contributed by atoms with Crippen LogP contribution in [0.25, 0.3) is 6.08 Å². The predicted molar refractivity (Wildman–Crippen MR) is 122 cm³/mol. The van der Waals surface area contributed by atoms with Gasteiger partial charge in [-0.25, -0.2) is 0 Å². The van der Waals surface area contributed by atoms with E-state index in [9.17, 15) is 14.4 Å². The molecule has 3 amide bonds. The van der Waals surface area contributed by atoms with Crippen LogP contribution in [0.4, 0.5) is 4.79 Å². The van der Waals surface area contributed by atoms with Crippen molar-refractivity contribution in [2.75, 3.05) is 13.7 Å². The van der Waals surface area contributed by atoms with Crippen LogP contribution in [-0.2, 0) is 9.59 Å². The molecule has 0 saturated carbocycles. The normalized spacial score (nSPS) is 15.8. The van der Waals surface area contributed by atoms with Gasteiger partial charge in [-0.1, -0.05) is 13.8 Å². The molecule has 0 N–H and O–H groups in total. The van der Waals surface area contributed by atoms with E-state index >= 15 is 0 Å². The summed E-state index contributed by atoms with van der Waals surface area (Å²) in [5, 5.41) is -0.415. The summed E-state index contributed by atoms with van der Waals surface area (Å²) >= 11 is 0.877. The molecule has 30 heavy (non-hydrogen) atoms. The largest absolute Gasteiger partial charge is 0.496 e. The molecule has 0 aromatic heterocycles. The fourth-order valence-electron chi connectivity index (χ4n) is 3.67. The number of amides is 3. The Morgan fingerprint density at radius 1 is 1.13 bits per heavy atom. The molecule has 164 valence electrons. The maximum Gasteiger partial charge on any atom is 0.294 e. The second-order valence-corrected chi connectivity index (χ2v) is 9.35. The van der Waals surface area contributed by atoms with Crippen molar-refractivity contribution in [2.45, 2.75) is 66.5 Å². The number of thioether (sulfide) groups is 1. The molecule has 1 fully saturated rings. The van der Waals surface area contributed by atoms with Crippen molar-refractivity contribution < 1.29 is 19.1 Å². The fraction of sp³-hybridized carbons (Fsp3) is 0.522. The van der Waals surface area contributed by atoms with Crippen LogP contribution in [-0.4, -0.2) is 52.6 Å². The molecule has 1 aromatic rings. The maximum atomic E-state index is 12.9. The van der Waals surface area contributed by atoms with Gasteiger partial charge in [0.15, 0.2) is 0 Å². The SMILES string of the molecule is COc1cc(C)c(/C=C2\SC(=O)N(CC(=O)N(C(C)C)C(C)C)C2=O)cc1C(C)C. The number of aryl methyl sites for hydroxylation is 1. The van der Waals surface area contributed by atoms with Crippen molar-refractivity contribution in [2.24, 2.45) is 0 Å². The minimum atomic E-state index is -0.424. The van der Waals surface area contributed by atoms with Crippen LogP contribution in [0.3, 0.4) is 0 Å². The van der Waals surface area contributed by atoms with Crippen molar-refractivity contribution >= 4 is 34.9 Å². The van der Waals surface area contributed by atoms with E-state index in [1.807, 2.05) is 46.8 Å². The lowest BCUT2D eigenvalue weighted by Crippen LogP contribution is -2.48. The number of hydrogen-bond acceptors (Lipinski definition) is 5. The number of hydrogen-bond donors (Lipinski definition) is 0. The highest BCUT2D eigenvalue weighted by Crippen LogP contribution is 2.35. The first kappa shape index (κ1) is 24.0. The first-order valence-electron chi connectivity index (χ1n) is 10.2. The molecule has 0 unspecified atom stereocenters. The summed E-state index contributed by atoms with van der Waals surface area (Å²) in [5.41, 5.74) is 2.85. The molecule has 0 atom stereocenters. The monoisotopic (exact) mass is 432 g/mol. The lowest BCUT2D eigenvalue weighted by Gasteiger charge is -2.31. The van der Waals surface area contributed by atoms with Gasteiger partial charge in [0.25, 0.3) is 11.1 Å². The zero-order valence-electron chi connectivity index (χ0n) is 19.1. The summed E-state index contributed by atoms with van der Waals surface area (Å²) in [6.45, 7) is 13.5. The first-order chi connectivity index (χ1) is 14.0. The fourth-order valence-corrected chi connectivity index (χ4v) is 4.50. The van der Waals surface area contributed by atoms with Crippen molar-refractivity contribution in [3.05, 3.63) is 33.7 Å². The van der Waals surface area contributed by atoms with Gasteiger partial charge < -0.3 is 9.64 Å². The number of rotatable bonds is 7. The van der Waals surface area contributed by atoms with E-state index < -0.39 is 11.1 Å². The zero-order valence-corrected chi connectivity index (χ0v) is 19.9. The van der Waals surface area contributed by atoms with Gasteiger partial charge in [0.1, 0.15) is 12.3 Å². The molecule has 7 heteroatoms. The standard InChI is InChI=1S/C23H32N2O4S/c1-13(2)18-10-17(16(7)9-19(18)29-8)11-20-22(27)24(23(28)30-20)12-21(26)25(14(3)4)15(5)6/h9-11,13-15H,12H2,1-8H3/b20-11-. The Bertz CT molecular complexity index is 866. The summed E-state index contributed by atoms with van der Waals surface area (Å²) < 4.78 is 5.48. The van der Waals surface area contributed by atoms with Gasteiger partial charge in [0, 0.05) is 12.1 Å². The third-order valence-electron chi connectivity index (χ3n) is 5.09. The van der Waals surface area contributed by atoms with E-state index in [4.69, 9.17) is 4.74 Å². The second kappa shape index (κ2) is 9.69. The minimum absolute atomic E-state index is 0.00984. The minimum Gasteiger partial charge on any atom is -0.496 e. The number of imide groups is 1. The Kier molecular flexibility index (Phi) is 7.75. The van der Waals surface area contributed by atoms with Gasteiger partial charge in [0.05, 0.1) is 12.0 Å². The highest BCUT2D eigenvalue weighted by Gasteiger charge is 2.37. The molecule has 1 aliphatic heterocycles. The molecule has 1 aromatic carbocycles. The van der Waals surface area contributed by atoms with Crippen LogP contribution in [0.15, 0.2) is 17.0 Å². The van der Waals surface area contributed by atoms with Crippen LogP contribution < -0.4 is 4.74 Å². The Labute approximate surface area is 183 Å². The van der Waals surface area contributed by atoms with Crippen molar-refractivity contribution in [1.29, 1.82) is 0 Å². The Hall–Kier alpha value is -2.28. The van der Waals surface area contributed by atoms with Crippen LogP contribution in [0, 0.1) is 6.92 Å². The number of nitrogens with zero attached hydrogens (tertiary/aromatic N) is 2. The van der Waals surface area contributed by atoms with E-state index in [0.29, 0.717) is 4.91 Å². The summed E-state index contributed by atoms with van der Waals surface area (Å²) in [7, 11) is 1.64. The number of methoxy groups -OCH3 is 1. The van der Waals surface area contributed by atoms with Crippen molar-refractivity contribution in [3.8, 4) is 5.75 Å². The molecule has 1 heterocycles. The molecule has 1 saturated heterocycles. The topological polar surface area (TPSA) is 66.9 Å². The van der Waals surface area contributed by atoms with Crippen LogP contribution in [0.1, 0.15) is 64.2 Å². The number of carbonyl (C=O) groups is 3. The third-order valence-corrected chi connectivity index (χ3v) is 6.00. The Morgan fingerprint density at radius 2 is 1.73 bits per heavy atom. The second-order valence-electron chi connectivity index (χ2n) is 8.36. The van der Waals surface area contributed by atoms with E-state index in [1.54, 1.807) is 18.1 Å². The molecule has 1 aliphatic rings. The highest BCUT2D eigenvalue weighted by atomic mass is 32.2. The average Bonchev–Trinajstić information content (AvgIpc) is 2.89. The number of benzene rings is 1. The van der Waals surface area contributed by atoms with E-state index in [2.05, 4.69) is 13.8 Å². The predicted octanol–water partition coefficient (Wildman–Crippen LogP) is 4.81. The molecule has 2 rings (SSSR count). The van der Waals surface area contributed by atoms with Gasteiger partial charge in [-0.15, -0.1) is 0 Å². The van der Waals surface area contributed by atoms with Crippen molar-refractivity contribution in [3.63, 3.8) is 0 Å². The van der Waals surface area contributed by atoms with Crippen LogP contribution in [0.2, 0.25) is 0 Å². The lowest BCUT2D eigenvalue weighted by atomic mass is 9.96. The first-order valence-corrected chi connectivity index (χ1v) is 11.0. The third kappa shape index (κ3) is 5.06. The lowest BCUT2D eigenvalue weighted by molar-refractivity contribution is -0.138. The number of carbonyl (C=O) groups excluding carboxylic acids is 3. The molecule has 0 radical (unpaired) electrons. The van der Waals surface area contributed by atoms with Crippen LogP contribution >= 0.6 is 11.8 Å². The zero-order chi connectivity index (χ0) is 22.7. The summed E-state index contributed by atoms with van der Waals surface area (Å²) in [6, 6.07) is 3.92. The summed E-state index contributed by atoms with van der Waals surface area (Å²) in [6.07, 6.45) is 1.73. The molecular formula is C23H32N2O4S. The maximum absolute atomic E-state index is 12.9. The van der Waals surface area contributed by atoms with Gasteiger partial charge >= 0.3 is 0 Å². The van der Waals surface area contributed by atoms with E-state index in [1.165, 1.54) is 0 Å². The smallest absolute Gasteiger partial charge is 0.294 e. The van der Waals surface area contributed by atoms with E-state index in [0.717, 1.165) is 39.1 Å². The molecular weight excluding hydrogens is 400 g/mol. The molecule has 0 bridgehead atoms. The van der Waals surface area contributed by atoms with E-state index in [-0.39, 0.29) is 30.5 Å². The molecule has 0 aliphatic carbocycles.